The van der Waals surface area contributed by atoms with E-state index in [0.717, 1.165) is 17.2 Å². The summed E-state index contributed by atoms with van der Waals surface area (Å²) in [6.45, 7) is 4.76. The molecule has 1 aromatic carbocycles. The van der Waals surface area contributed by atoms with Crippen LogP contribution in [0.1, 0.15) is 19.7 Å². The number of nitrogens with zero attached hydrogens (tertiary/aromatic N) is 3. The second-order valence-corrected chi connectivity index (χ2v) is 5.08. The molecule has 2 aromatic rings. The molecule has 0 unspecified atom stereocenters. The van der Waals surface area contributed by atoms with Gasteiger partial charge in [-0.1, -0.05) is 17.7 Å². The summed E-state index contributed by atoms with van der Waals surface area (Å²) < 4.78 is 1.88. The van der Waals surface area contributed by atoms with E-state index in [1.165, 1.54) is 0 Å². The Morgan fingerprint density at radius 3 is 2.79 bits per heavy atom. The SMILES string of the molecule is CC(C)Nc1c(Cl)cccc1NCc1nncn1C. The van der Waals surface area contributed by atoms with Crippen molar-refractivity contribution in [2.45, 2.75) is 26.4 Å². The van der Waals surface area contributed by atoms with Crippen molar-refractivity contribution in [3.05, 3.63) is 35.4 Å². The lowest BCUT2D eigenvalue weighted by atomic mass is 10.2. The van der Waals surface area contributed by atoms with E-state index >= 15 is 0 Å². The van der Waals surface area contributed by atoms with Gasteiger partial charge in [-0.3, -0.25) is 0 Å². The van der Waals surface area contributed by atoms with Crippen LogP contribution >= 0.6 is 11.6 Å². The zero-order valence-electron chi connectivity index (χ0n) is 11.3. The molecular formula is C13H18ClN5. The zero-order chi connectivity index (χ0) is 13.8. The summed E-state index contributed by atoms with van der Waals surface area (Å²) in [6.07, 6.45) is 1.68. The van der Waals surface area contributed by atoms with Crippen LogP contribution in [0.15, 0.2) is 24.5 Å². The molecule has 5 nitrogen and oxygen atoms in total. The van der Waals surface area contributed by atoms with Gasteiger partial charge >= 0.3 is 0 Å². The van der Waals surface area contributed by atoms with Crippen LogP contribution in [0.25, 0.3) is 0 Å². The highest BCUT2D eigenvalue weighted by atomic mass is 35.5. The fourth-order valence-corrected chi connectivity index (χ4v) is 1.98. The molecule has 2 rings (SSSR count). The highest BCUT2D eigenvalue weighted by Gasteiger charge is 2.09. The van der Waals surface area contributed by atoms with Crippen LogP contribution < -0.4 is 10.6 Å². The van der Waals surface area contributed by atoms with Gasteiger partial charge in [-0.15, -0.1) is 10.2 Å². The van der Waals surface area contributed by atoms with Gasteiger partial charge in [0.05, 0.1) is 22.9 Å². The van der Waals surface area contributed by atoms with Gasteiger partial charge in [0.1, 0.15) is 6.33 Å². The molecule has 102 valence electrons. The van der Waals surface area contributed by atoms with E-state index in [0.29, 0.717) is 17.6 Å². The maximum atomic E-state index is 6.23. The van der Waals surface area contributed by atoms with Crippen molar-refractivity contribution in [3.63, 3.8) is 0 Å². The molecule has 0 aliphatic carbocycles. The lowest BCUT2D eigenvalue weighted by molar-refractivity contribution is 0.812. The smallest absolute Gasteiger partial charge is 0.151 e. The van der Waals surface area contributed by atoms with Crippen molar-refractivity contribution < 1.29 is 0 Å². The molecule has 2 N–H and O–H groups in total. The first-order chi connectivity index (χ1) is 9.08. The number of halogens is 1. The Kier molecular flexibility index (Phi) is 4.27. The highest BCUT2D eigenvalue weighted by Crippen LogP contribution is 2.31. The molecule has 0 bridgehead atoms. The Labute approximate surface area is 118 Å². The van der Waals surface area contributed by atoms with Crippen LogP contribution in [-0.4, -0.2) is 20.8 Å². The standard InChI is InChI=1S/C13H18ClN5/c1-9(2)17-13-10(14)5-4-6-11(13)15-7-12-18-16-8-19(12)3/h4-6,8-9,15,17H,7H2,1-3H3. The third kappa shape index (κ3) is 3.38. The number of hydrogen-bond acceptors (Lipinski definition) is 4. The summed E-state index contributed by atoms with van der Waals surface area (Å²) in [5, 5.41) is 15.3. The number of aromatic nitrogens is 3. The highest BCUT2D eigenvalue weighted by molar-refractivity contribution is 6.33. The van der Waals surface area contributed by atoms with Crippen molar-refractivity contribution in [1.29, 1.82) is 0 Å². The fourth-order valence-electron chi connectivity index (χ4n) is 1.75. The molecule has 1 aromatic heterocycles. The fraction of sp³-hybridized carbons (Fsp3) is 0.385. The maximum Gasteiger partial charge on any atom is 0.151 e. The quantitative estimate of drug-likeness (QED) is 0.884. The van der Waals surface area contributed by atoms with E-state index in [4.69, 9.17) is 11.6 Å². The Morgan fingerprint density at radius 2 is 2.16 bits per heavy atom. The molecule has 0 fully saturated rings. The van der Waals surface area contributed by atoms with E-state index in [-0.39, 0.29) is 0 Å². The minimum atomic E-state index is 0.315. The molecule has 6 heteroatoms. The lowest BCUT2D eigenvalue weighted by Gasteiger charge is -2.17. The van der Waals surface area contributed by atoms with Crippen molar-refractivity contribution in [1.82, 2.24) is 14.8 Å². The molecule has 0 radical (unpaired) electrons. The molecule has 0 amide bonds. The summed E-state index contributed by atoms with van der Waals surface area (Å²) in [6, 6.07) is 6.11. The molecule has 0 spiro atoms. The monoisotopic (exact) mass is 279 g/mol. The Hall–Kier alpha value is -1.75. The molecule has 0 atom stereocenters. The Bertz CT molecular complexity index is 550. The van der Waals surface area contributed by atoms with Crippen LogP contribution in [-0.2, 0) is 13.6 Å². The predicted octanol–water partition coefficient (Wildman–Crippen LogP) is 2.90. The van der Waals surface area contributed by atoms with Gasteiger partial charge < -0.3 is 15.2 Å². The number of nitrogens with one attached hydrogen (secondary N) is 2. The Balaban J connectivity index is 2.15. The minimum absolute atomic E-state index is 0.315. The summed E-state index contributed by atoms with van der Waals surface area (Å²) in [5.41, 5.74) is 1.88. The van der Waals surface area contributed by atoms with Crippen LogP contribution in [0.3, 0.4) is 0 Å². The van der Waals surface area contributed by atoms with Gasteiger partial charge in [-0.05, 0) is 26.0 Å². The maximum absolute atomic E-state index is 6.23. The molecular weight excluding hydrogens is 262 g/mol. The molecule has 1 heterocycles. The van der Waals surface area contributed by atoms with Crippen molar-refractivity contribution in [2.24, 2.45) is 7.05 Å². The number of para-hydroxylation sites is 1. The van der Waals surface area contributed by atoms with E-state index in [9.17, 15) is 0 Å². The van der Waals surface area contributed by atoms with E-state index < -0.39 is 0 Å². The molecule has 0 aliphatic heterocycles. The van der Waals surface area contributed by atoms with Gasteiger partial charge in [-0.25, -0.2) is 0 Å². The minimum Gasteiger partial charge on any atom is -0.380 e. The van der Waals surface area contributed by atoms with Crippen LogP contribution in [0, 0.1) is 0 Å². The largest absolute Gasteiger partial charge is 0.380 e. The van der Waals surface area contributed by atoms with Gasteiger partial charge in [0.25, 0.3) is 0 Å². The number of rotatable bonds is 5. The Morgan fingerprint density at radius 1 is 1.37 bits per heavy atom. The van der Waals surface area contributed by atoms with Crippen molar-refractivity contribution >= 4 is 23.0 Å². The predicted molar refractivity (Wildman–Crippen MR) is 78.5 cm³/mol. The van der Waals surface area contributed by atoms with E-state index in [2.05, 4.69) is 34.7 Å². The van der Waals surface area contributed by atoms with E-state index in [1.807, 2.05) is 29.8 Å². The molecule has 19 heavy (non-hydrogen) atoms. The zero-order valence-corrected chi connectivity index (χ0v) is 12.1. The summed E-state index contributed by atoms with van der Waals surface area (Å²) in [5.74, 6) is 0.871. The normalized spacial score (nSPS) is 10.8. The lowest BCUT2D eigenvalue weighted by Crippen LogP contribution is -2.13. The van der Waals surface area contributed by atoms with Crippen LogP contribution in [0.4, 0.5) is 11.4 Å². The molecule has 0 saturated heterocycles. The second-order valence-electron chi connectivity index (χ2n) is 4.67. The van der Waals surface area contributed by atoms with Crippen molar-refractivity contribution in [3.8, 4) is 0 Å². The average Bonchev–Trinajstić information content (AvgIpc) is 2.75. The molecule has 0 aliphatic rings. The number of anilines is 2. The topological polar surface area (TPSA) is 54.8 Å². The summed E-state index contributed by atoms with van der Waals surface area (Å²) >= 11 is 6.23. The average molecular weight is 280 g/mol. The van der Waals surface area contributed by atoms with Crippen LogP contribution in [0.2, 0.25) is 5.02 Å². The number of benzene rings is 1. The second kappa shape index (κ2) is 5.93. The number of aryl methyl sites for hydroxylation is 1. The van der Waals surface area contributed by atoms with Gasteiger partial charge in [0, 0.05) is 13.1 Å². The van der Waals surface area contributed by atoms with Gasteiger partial charge in [0.15, 0.2) is 5.82 Å². The van der Waals surface area contributed by atoms with Gasteiger partial charge in [0.2, 0.25) is 0 Å². The van der Waals surface area contributed by atoms with Crippen molar-refractivity contribution in [2.75, 3.05) is 10.6 Å². The first-order valence-electron chi connectivity index (χ1n) is 6.19. The molecule has 0 saturated carbocycles. The van der Waals surface area contributed by atoms with Crippen LogP contribution in [0.5, 0.6) is 0 Å². The first kappa shape index (κ1) is 13.7. The number of hydrogen-bond donors (Lipinski definition) is 2. The summed E-state index contributed by atoms with van der Waals surface area (Å²) in [4.78, 5) is 0. The summed E-state index contributed by atoms with van der Waals surface area (Å²) in [7, 11) is 1.92. The third-order valence-corrected chi connectivity index (χ3v) is 3.00. The third-order valence-electron chi connectivity index (χ3n) is 2.69. The first-order valence-corrected chi connectivity index (χ1v) is 6.57. The van der Waals surface area contributed by atoms with E-state index in [1.54, 1.807) is 6.33 Å². The van der Waals surface area contributed by atoms with Gasteiger partial charge in [-0.2, -0.15) is 0 Å².